The van der Waals surface area contributed by atoms with Gasteiger partial charge in [-0.15, -0.1) is 0 Å². The molecule has 3 spiro atoms. The van der Waals surface area contributed by atoms with Gasteiger partial charge in [0.2, 0.25) is 29.5 Å². The first-order valence-electron chi connectivity index (χ1n) is 34.7. The van der Waals surface area contributed by atoms with Crippen molar-refractivity contribution in [3.63, 3.8) is 0 Å². The molecule has 4 atom stereocenters. The van der Waals surface area contributed by atoms with Crippen LogP contribution in [0.5, 0.6) is 0 Å². The highest BCUT2D eigenvalue weighted by Crippen LogP contribution is 2.51. The first-order chi connectivity index (χ1) is 42.1. The Morgan fingerprint density at radius 3 is 1.29 bits per heavy atom. The van der Waals surface area contributed by atoms with Crippen LogP contribution in [0.1, 0.15) is 255 Å². The molecule has 11 rings (SSSR count). The molecule has 8 aliphatic rings. The van der Waals surface area contributed by atoms with Crippen molar-refractivity contribution in [3.05, 3.63) is 106 Å². The van der Waals surface area contributed by atoms with Gasteiger partial charge in [0.1, 0.15) is 11.9 Å². The third-order valence-corrected chi connectivity index (χ3v) is 22.1. The van der Waals surface area contributed by atoms with Crippen molar-refractivity contribution in [1.29, 1.82) is 0 Å². The molecule has 5 heterocycles. The van der Waals surface area contributed by atoms with Crippen LogP contribution in [0.25, 0.3) is 0 Å². The topological polar surface area (TPSA) is 146 Å². The van der Waals surface area contributed by atoms with Crippen LogP contribution in [0.2, 0.25) is 0 Å². The average molecular weight is 1230 g/mol. The van der Waals surface area contributed by atoms with E-state index in [1.165, 1.54) is 119 Å². The molecule has 3 aliphatic carbocycles. The van der Waals surface area contributed by atoms with Gasteiger partial charge in [-0.05, 0) is 252 Å². The van der Waals surface area contributed by atoms with Gasteiger partial charge in [0.05, 0.1) is 18.1 Å². The minimum Gasteiger partial charge on any atom is -0.350 e. The summed E-state index contributed by atoms with van der Waals surface area (Å²) in [6, 6.07) is 22.5. The molecule has 5 fully saturated rings. The molecule has 5 amide bonds. The second-order valence-electron chi connectivity index (χ2n) is 32.1. The molecule has 89 heavy (non-hydrogen) atoms. The minimum absolute atomic E-state index is 0. The number of hydrogen-bond acceptors (Lipinski definition) is 8. The van der Waals surface area contributed by atoms with E-state index in [0.29, 0.717) is 47.6 Å². The van der Waals surface area contributed by atoms with Crippen molar-refractivity contribution < 1.29 is 34.1 Å². The summed E-state index contributed by atoms with van der Waals surface area (Å²) in [4.78, 5) is 70.1. The number of nitrogens with one attached hydrogen (secondary N) is 4. The van der Waals surface area contributed by atoms with Gasteiger partial charge in [-0.25, -0.2) is 4.39 Å². The fourth-order valence-corrected chi connectivity index (χ4v) is 16.2. The van der Waals surface area contributed by atoms with E-state index in [0.717, 1.165) is 88.5 Å². The average Bonchev–Trinajstić information content (AvgIpc) is 0.963. The summed E-state index contributed by atoms with van der Waals surface area (Å²) in [5.41, 5.74) is 9.51. The highest BCUT2D eigenvalue weighted by atomic mass is 19.1. The van der Waals surface area contributed by atoms with E-state index in [9.17, 15) is 28.4 Å². The largest absolute Gasteiger partial charge is 0.350 e. The minimum atomic E-state index is -0.446. The SMILES string of the molecule is CC(=O)N1CCC(C(=O)N[C@H]2CCC3(CCN(CCC(C)(C)C)CC3)c3ccccc32)CC1.CC(=O)N[C@H]1CCC2(CCN(CCC(C)(C)C)CC2)c2ccccc21.CC(C)(C)CCN1CCC2(CC[C@@H](NC(=O)[C@H]3CCC(=O)N3)c3ccc(F)cc32)CC1.[HH].[HH].[HH].[HH]. The summed E-state index contributed by atoms with van der Waals surface area (Å²) >= 11 is 0. The Morgan fingerprint density at radius 1 is 0.506 bits per heavy atom. The Morgan fingerprint density at radius 2 is 0.899 bits per heavy atom. The maximum Gasteiger partial charge on any atom is 0.243 e. The maximum atomic E-state index is 14.3. The monoisotopic (exact) mass is 1230 g/mol. The number of likely N-dealkylation sites (tertiary alicyclic amines) is 4. The number of carbonyl (C=O) groups excluding carboxylic acids is 5. The molecule has 0 bridgehead atoms. The van der Waals surface area contributed by atoms with Crippen LogP contribution in [0.15, 0.2) is 66.7 Å². The van der Waals surface area contributed by atoms with Crippen LogP contribution in [-0.4, -0.2) is 127 Å². The number of fused-ring (bicyclic) bond motifs is 6. The molecule has 3 aromatic carbocycles. The van der Waals surface area contributed by atoms with Crippen LogP contribution in [0, 0.1) is 28.0 Å². The number of piperidine rings is 4. The predicted octanol–water partition coefficient (Wildman–Crippen LogP) is 13.9. The van der Waals surface area contributed by atoms with Crippen LogP contribution in [-0.2, 0) is 40.2 Å². The number of rotatable bonds is 11. The number of amides is 5. The second-order valence-corrected chi connectivity index (χ2v) is 32.1. The molecule has 13 nitrogen and oxygen atoms in total. The van der Waals surface area contributed by atoms with Gasteiger partial charge < -0.3 is 40.9 Å². The molecule has 0 aromatic heterocycles. The fraction of sp³-hybridized carbons (Fsp3) is 0.693. The quantitative estimate of drug-likeness (QED) is 0.148. The van der Waals surface area contributed by atoms with Crippen molar-refractivity contribution in [1.82, 2.24) is 40.9 Å². The Balaban J connectivity index is 0.000000250. The molecule has 5 saturated heterocycles. The number of carbonyl (C=O) groups is 5. The van der Waals surface area contributed by atoms with Crippen molar-refractivity contribution >= 4 is 29.5 Å². The highest BCUT2D eigenvalue weighted by molar-refractivity contribution is 5.91. The Hall–Kier alpha value is -5.18. The molecule has 498 valence electrons. The van der Waals surface area contributed by atoms with E-state index in [1.54, 1.807) is 19.9 Å². The summed E-state index contributed by atoms with van der Waals surface area (Å²) in [5, 5.41) is 12.4. The van der Waals surface area contributed by atoms with Crippen LogP contribution in [0.3, 0.4) is 0 Å². The standard InChI is InChI=1S/C28H43N3O2.C25H36FN3O2.C22H34N2O.4H2/c1-21(32)31-16-10-22(11-17-31)26(33)29-25-9-12-28(24-8-6-5-7-23(24)25)14-19-30(20-15-28)18-13-27(2,3)4;1-24(2,3)10-13-29-14-11-25(12-15-29)9-8-20(18-5-4-17(26)16-19(18)25)28-23(31)21-6-7-22(30)27-21;1-17(25)23-20-9-10-22(19-8-6-5-7-18(19)20)12-15-24(16-13-22)14-11-21(2,3)4;;;;/h5-8,22,25H,9-20H2,1-4H3,(H,29,33);4-5,16,20-21H,6-15H2,1-3H3,(H,27,30)(H,28,31);5-8,20H,9-16H2,1-4H3,(H,23,25);4*1H/t25-;20-,21-;20-;;;;/m010..../s1. The smallest absolute Gasteiger partial charge is 0.243 e. The summed E-state index contributed by atoms with van der Waals surface area (Å²) in [5.74, 6) is -0.0101. The number of hydrogen-bond donors (Lipinski definition) is 4. The number of nitrogens with zero attached hydrogens (tertiary/aromatic N) is 4. The molecular weight excluding hydrogens is 1110 g/mol. The van der Waals surface area contributed by atoms with Gasteiger partial charge in [0.25, 0.3) is 0 Å². The predicted molar refractivity (Wildman–Crippen MR) is 364 cm³/mol. The fourth-order valence-electron chi connectivity index (χ4n) is 16.2. The summed E-state index contributed by atoms with van der Waals surface area (Å²) in [7, 11) is 0. The molecule has 0 unspecified atom stereocenters. The van der Waals surface area contributed by atoms with Crippen LogP contribution in [0.4, 0.5) is 4.39 Å². The summed E-state index contributed by atoms with van der Waals surface area (Å²) < 4.78 is 14.3. The third-order valence-electron chi connectivity index (χ3n) is 22.1. The van der Waals surface area contributed by atoms with Crippen LogP contribution < -0.4 is 21.3 Å². The van der Waals surface area contributed by atoms with E-state index < -0.39 is 6.04 Å². The molecule has 0 saturated carbocycles. The lowest BCUT2D eigenvalue weighted by Crippen LogP contribution is -2.48. The lowest BCUT2D eigenvalue weighted by molar-refractivity contribution is -0.134. The number of halogens is 1. The Labute approximate surface area is 540 Å². The van der Waals surface area contributed by atoms with Crippen molar-refractivity contribution in [3.8, 4) is 0 Å². The van der Waals surface area contributed by atoms with Crippen molar-refractivity contribution in [2.24, 2.45) is 22.2 Å². The highest BCUT2D eigenvalue weighted by Gasteiger charge is 2.46. The molecular formula is C75H121FN8O5. The van der Waals surface area contributed by atoms with E-state index in [-0.39, 0.29) is 75.9 Å². The lowest BCUT2D eigenvalue weighted by Gasteiger charge is -2.47. The van der Waals surface area contributed by atoms with Gasteiger partial charge in [0, 0.05) is 45.0 Å². The van der Waals surface area contributed by atoms with E-state index in [2.05, 4.69) is 147 Å². The second kappa shape index (κ2) is 28.8. The molecule has 14 heteroatoms. The van der Waals surface area contributed by atoms with Crippen molar-refractivity contribution in [2.45, 2.75) is 239 Å². The molecule has 5 aliphatic heterocycles. The number of benzene rings is 3. The zero-order chi connectivity index (χ0) is 63.9. The van der Waals surface area contributed by atoms with Gasteiger partial charge in [-0.1, -0.05) is 117 Å². The Kier molecular flexibility index (Phi) is 22.0. The zero-order valence-corrected chi connectivity index (χ0v) is 56.7. The van der Waals surface area contributed by atoms with E-state index in [1.807, 2.05) is 11.0 Å². The first-order valence-corrected chi connectivity index (χ1v) is 34.7. The van der Waals surface area contributed by atoms with E-state index in [4.69, 9.17) is 0 Å². The van der Waals surface area contributed by atoms with Gasteiger partial charge in [-0.3, -0.25) is 24.0 Å². The molecule has 0 radical (unpaired) electrons. The summed E-state index contributed by atoms with van der Waals surface area (Å²) in [6.45, 7) is 35.8. The first kappa shape index (κ1) is 68.2. The Bertz CT molecular complexity index is 2930. The van der Waals surface area contributed by atoms with E-state index >= 15 is 0 Å². The third kappa shape index (κ3) is 17.7. The zero-order valence-electron chi connectivity index (χ0n) is 56.7. The van der Waals surface area contributed by atoms with Crippen molar-refractivity contribution in [2.75, 3.05) is 72.0 Å². The normalized spacial score (nSPS) is 24.4. The maximum absolute atomic E-state index is 14.3. The molecule has 3 aromatic rings. The van der Waals surface area contributed by atoms with Crippen LogP contribution >= 0.6 is 0 Å². The molecule has 4 N–H and O–H groups in total. The summed E-state index contributed by atoms with van der Waals surface area (Å²) in [6.07, 6.45) is 19.4. The van der Waals surface area contributed by atoms with Gasteiger partial charge in [-0.2, -0.15) is 0 Å². The van der Waals surface area contributed by atoms with Gasteiger partial charge in [0.15, 0.2) is 0 Å². The van der Waals surface area contributed by atoms with Gasteiger partial charge >= 0.3 is 0 Å². The lowest BCUT2D eigenvalue weighted by atomic mass is 9.63.